The van der Waals surface area contributed by atoms with Gasteiger partial charge in [-0.3, -0.25) is 0 Å². The Bertz CT molecular complexity index is 899. The van der Waals surface area contributed by atoms with Crippen LogP contribution < -0.4 is 4.74 Å². The number of rotatable bonds is 9. The van der Waals surface area contributed by atoms with Crippen LogP contribution in [0.3, 0.4) is 0 Å². The number of nitrogens with zero attached hydrogens (tertiary/aromatic N) is 1. The van der Waals surface area contributed by atoms with Gasteiger partial charge in [0.1, 0.15) is 18.9 Å². The molecule has 0 N–H and O–H groups in total. The Balaban J connectivity index is 1.58. The van der Waals surface area contributed by atoms with Crippen molar-refractivity contribution in [3.05, 3.63) is 77.9 Å². The van der Waals surface area contributed by atoms with Gasteiger partial charge in [0.25, 0.3) is 0 Å². The molecular formula is C26H32NO+. The van der Waals surface area contributed by atoms with Gasteiger partial charge in [-0.25, -0.2) is 0 Å². The Morgan fingerprint density at radius 2 is 1.32 bits per heavy atom. The van der Waals surface area contributed by atoms with E-state index in [9.17, 15) is 0 Å². The van der Waals surface area contributed by atoms with E-state index in [0.717, 1.165) is 43.0 Å². The number of fused-ring (bicyclic) bond motifs is 1. The molecule has 0 aliphatic rings. The van der Waals surface area contributed by atoms with Gasteiger partial charge in [-0.2, -0.15) is 0 Å². The Kier molecular flexibility index (Phi) is 6.89. The standard InChI is InChI=1S/C26H32NO/c1-4-27(5-2,6-3)19-20-28-26-17-14-22(15-18-26)11-12-23-13-16-24-9-7-8-10-25(24)21-23/h7-18,21H,4-6,19-20H2,1-3H3/q+1/b12-11+. The highest BCUT2D eigenvalue weighted by Gasteiger charge is 2.20. The fourth-order valence-corrected chi connectivity index (χ4v) is 3.68. The number of ether oxygens (including phenoxy) is 1. The molecule has 3 rings (SSSR count). The fraction of sp³-hybridized carbons (Fsp3) is 0.308. The van der Waals surface area contributed by atoms with E-state index in [1.807, 2.05) is 0 Å². The Hall–Kier alpha value is -2.58. The van der Waals surface area contributed by atoms with Crippen molar-refractivity contribution < 1.29 is 9.22 Å². The molecule has 28 heavy (non-hydrogen) atoms. The van der Waals surface area contributed by atoms with Crippen LogP contribution >= 0.6 is 0 Å². The summed E-state index contributed by atoms with van der Waals surface area (Å²) in [5.74, 6) is 0.948. The molecule has 3 aromatic rings. The molecule has 0 atom stereocenters. The Morgan fingerprint density at radius 3 is 2.00 bits per heavy atom. The Morgan fingerprint density at radius 1 is 0.714 bits per heavy atom. The number of benzene rings is 3. The van der Waals surface area contributed by atoms with E-state index in [1.165, 1.54) is 21.9 Å². The van der Waals surface area contributed by atoms with Gasteiger partial charge in [0, 0.05) is 0 Å². The summed E-state index contributed by atoms with van der Waals surface area (Å²) in [4.78, 5) is 0. The van der Waals surface area contributed by atoms with E-state index < -0.39 is 0 Å². The number of hydrogen-bond donors (Lipinski definition) is 0. The van der Waals surface area contributed by atoms with Gasteiger partial charge in [0.05, 0.1) is 19.6 Å². The maximum atomic E-state index is 5.99. The third-order valence-corrected chi connectivity index (χ3v) is 5.97. The summed E-state index contributed by atoms with van der Waals surface area (Å²) in [5.41, 5.74) is 2.40. The lowest BCUT2D eigenvalue weighted by atomic mass is 10.1. The van der Waals surface area contributed by atoms with Crippen LogP contribution in [0, 0.1) is 0 Å². The first-order valence-electron chi connectivity index (χ1n) is 10.4. The minimum atomic E-state index is 0.766. The Labute approximate surface area is 169 Å². The van der Waals surface area contributed by atoms with Gasteiger partial charge in [-0.15, -0.1) is 0 Å². The molecule has 0 saturated heterocycles. The highest BCUT2D eigenvalue weighted by atomic mass is 16.5. The van der Waals surface area contributed by atoms with Crippen molar-refractivity contribution in [2.75, 3.05) is 32.8 Å². The van der Waals surface area contributed by atoms with Crippen molar-refractivity contribution in [1.29, 1.82) is 0 Å². The minimum Gasteiger partial charge on any atom is -0.488 e. The number of quaternary nitrogens is 1. The van der Waals surface area contributed by atoms with Crippen LogP contribution in [0.15, 0.2) is 66.7 Å². The minimum absolute atomic E-state index is 0.766. The topological polar surface area (TPSA) is 9.23 Å². The molecule has 0 unspecified atom stereocenters. The first kappa shape index (κ1) is 20.2. The van der Waals surface area contributed by atoms with Crippen LogP contribution in [0.5, 0.6) is 5.75 Å². The molecule has 0 aliphatic carbocycles. The zero-order valence-electron chi connectivity index (χ0n) is 17.4. The highest BCUT2D eigenvalue weighted by Crippen LogP contribution is 2.19. The third-order valence-electron chi connectivity index (χ3n) is 5.97. The molecule has 0 saturated carbocycles. The van der Waals surface area contributed by atoms with Gasteiger partial charge in [0.2, 0.25) is 0 Å². The average molecular weight is 375 g/mol. The second kappa shape index (κ2) is 9.57. The first-order valence-corrected chi connectivity index (χ1v) is 10.4. The van der Waals surface area contributed by atoms with Gasteiger partial charge >= 0.3 is 0 Å². The summed E-state index contributed by atoms with van der Waals surface area (Å²) < 4.78 is 7.11. The van der Waals surface area contributed by atoms with Gasteiger partial charge < -0.3 is 9.22 Å². The summed E-state index contributed by atoms with van der Waals surface area (Å²) in [6.45, 7) is 12.1. The van der Waals surface area contributed by atoms with E-state index in [4.69, 9.17) is 4.74 Å². The van der Waals surface area contributed by atoms with E-state index in [2.05, 4.69) is 99.7 Å². The highest BCUT2D eigenvalue weighted by molar-refractivity contribution is 5.85. The zero-order valence-corrected chi connectivity index (χ0v) is 17.4. The van der Waals surface area contributed by atoms with Gasteiger partial charge in [0.15, 0.2) is 0 Å². The second-order valence-electron chi connectivity index (χ2n) is 7.37. The maximum absolute atomic E-state index is 5.99. The van der Waals surface area contributed by atoms with Crippen LogP contribution in [0.25, 0.3) is 22.9 Å². The molecule has 0 aromatic heterocycles. The van der Waals surface area contributed by atoms with Crippen molar-refractivity contribution in [3.63, 3.8) is 0 Å². The molecule has 0 heterocycles. The van der Waals surface area contributed by atoms with Crippen molar-refractivity contribution in [2.24, 2.45) is 0 Å². The monoisotopic (exact) mass is 374 g/mol. The number of likely N-dealkylation sites (N-methyl/N-ethyl adjacent to an activating group) is 1. The number of hydrogen-bond acceptors (Lipinski definition) is 1. The van der Waals surface area contributed by atoms with Crippen LogP contribution in [0.4, 0.5) is 0 Å². The van der Waals surface area contributed by atoms with E-state index in [0.29, 0.717) is 0 Å². The first-order chi connectivity index (χ1) is 13.7. The fourth-order valence-electron chi connectivity index (χ4n) is 3.68. The molecule has 146 valence electrons. The molecule has 0 fully saturated rings. The molecular weight excluding hydrogens is 342 g/mol. The van der Waals surface area contributed by atoms with E-state index in [-0.39, 0.29) is 0 Å². The quantitative estimate of drug-likeness (QED) is 0.317. The van der Waals surface area contributed by atoms with Crippen molar-refractivity contribution in [2.45, 2.75) is 20.8 Å². The predicted molar refractivity (Wildman–Crippen MR) is 122 cm³/mol. The molecule has 3 aromatic carbocycles. The zero-order chi connectivity index (χ0) is 19.8. The van der Waals surface area contributed by atoms with Gasteiger partial charge in [-0.05, 0) is 60.9 Å². The van der Waals surface area contributed by atoms with Crippen molar-refractivity contribution in [3.8, 4) is 5.75 Å². The lowest BCUT2D eigenvalue weighted by Crippen LogP contribution is -2.49. The molecule has 2 nitrogen and oxygen atoms in total. The maximum Gasteiger partial charge on any atom is 0.137 e. The van der Waals surface area contributed by atoms with Crippen LogP contribution in [0.2, 0.25) is 0 Å². The van der Waals surface area contributed by atoms with Gasteiger partial charge in [-0.1, -0.05) is 60.7 Å². The van der Waals surface area contributed by atoms with Crippen molar-refractivity contribution in [1.82, 2.24) is 0 Å². The SMILES string of the molecule is CC[N+](CC)(CC)CCOc1ccc(/C=C/c2ccc3ccccc3c2)cc1. The smallest absolute Gasteiger partial charge is 0.137 e. The predicted octanol–water partition coefficient (Wildman–Crippen LogP) is 6.27. The lowest BCUT2D eigenvalue weighted by Gasteiger charge is -2.35. The molecule has 0 bridgehead atoms. The lowest BCUT2D eigenvalue weighted by molar-refractivity contribution is -0.923. The van der Waals surface area contributed by atoms with E-state index >= 15 is 0 Å². The molecule has 0 radical (unpaired) electrons. The average Bonchev–Trinajstić information content (AvgIpc) is 2.76. The summed E-state index contributed by atoms with van der Waals surface area (Å²) in [5, 5.41) is 2.55. The molecule has 0 spiro atoms. The summed E-state index contributed by atoms with van der Waals surface area (Å²) in [6.07, 6.45) is 4.32. The normalized spacial score (nSPS) is 12.0. The molecule has 0 aliphatic heterocycles. The van der Waals surface area contributed by atoms with Crippen LogP contribution in [-0.2, 0) is 0 Å². The third kappa shape index (κ3) is 5.02. The second-order valence-corrected chi connectivity index (χ2v) is 7.37. The summed E-state index contributed by atoms with van der Waals surface area (Å²) in [7, 11) is 0. The van der Waals surface area contributed by atoms with E-state index in [1.54, 1.807) is 0 Å². The van der Waals surface area contributed by atoms with Crippen LogP contribution in [0.1, 0.15) is 31.9 Å². The largest absolute Gasteiger partial charge is 0.488 e. The summed E-state index contributed by atoms with van der Waals surface area (Å²) in [6, 6.07) is 23.4. The van der Waals surface area contributed by atoms with Crippen LogP contribution in [-0.4, -0.2) is 37.3 Å². The molecule has 2 heteroatoms. The summed E-state index contributed by atoms with van der Waals surface area (Å²) >= 11 is 0. The molecule has 0 amide bonds. The van der Waals surface area contributed by atoms with Crippen molar-refractivity contribution >= 4 is 22.9 Å².